The first kappa shape index (κ1) is 18.2. The largest absolute Gasteiger partial charge is 0.396 e. The monoisotopic (exact) mass is 327 g/mol. The van der Waals surface area contributed by atoms with Gasteiger partial charge in [-0.15, -0.1) is 0 Å². The third-order valence-electron chi connectivity index (χ3n) is 4.40. The minimum absolute atomic E-state index is 0.00364. The van der Waals surface area contributed by atoms with Crippen LogP contribution in [-0.2, 0) is 4.79 Å². The minimum atomic E-state index is -1.19. The van der Waals surface area contributed by atoms with Crippen LogP contribution in [0.1, 0.15) is 37.0 Å². The van der Waals surface area contributed by atoms with Gasteiger partial charge in [0.15, 0.2) is 6.10 Å². The molecule has 2 atom stereocenters. The lowest BCUT2D eigenvalue weighted by molar-refractivity contribution is -0.129. The molecular weight excluding hydrogens is 302 g/mol. The van der Waals surface area contributed by atoms with Crippen molar-refractivity contribution in [2.75, 3.05) is 13.2 Å². The SMILES string of the molecule is CC(C)(CO)C(CNC(=O)[C@H](O)c1ccccc1)c1ccccc1. The molecule has 0 fully saturated rings. The van der Waals surface area contributed by atoms with Crippen LogP contribution < -0.4 is 5.32 Å². The van der Waals surface area contributed by atoms with Crippen molar-refractivity contribution < 1.29 is 15.0 Å². The van der Waals surface area contributed by atoms with E-state index in [1.807, 2.05) is 50.2 Å². The average Bonchev–Trinajstić information content (AvgIpc) is 2.62. The van der Waals surface area contributed by atoms with E-state index in [-0.39, 0.29) is 12.5 Å². The first-order valence-electron chi connectivity index (χ1n) is 8.12. The molecule has 0 spiro atoms. The molecule has 0 aliphatic heterocycles. The molecule has 0 aromatic heterocycles. The summed E-state index contributed by atoms with van der Waals surface area (Å²) in [6.45, 7) is 4.28. The van der Waals surface area contributed by atoms with Crippen LogP contribution in [0.4, 0.5) is 0 Å². The van der Waals surface area contributed by atoms with Crippen molar-refractivity contribution in [3.05, 3.63) is 71.8 Å². The van der Waals surface area contributed by atoms with Gasteiger partial charge in [-0.2, -0.15) is 0 Å². The zero-order valence-electron chi connectivity index (χ0n) is 14.1. The lowest BCUT2D eigenvalue weighted by Gasteiger charge is -2.33. The molecule has 0 saturated carbocycles. The molecule has 0 heterocycles. The predicted molar refractivity (Wildman–Crippen MR) is 94.5 cm³/mol. The summed E-state index contributed by atoms with van der Waals surface area (Å²) in [6.07, 6.45) is -1.19. The number of aliphatic hydroxyl groups excluding tert-OH is 2. The Bertz CT molecular complexity index is 640. The molecule has 0 saturated heterocycles. The van der Waals surface area contributed by atoms with Gasteiger partial charge in [-0.25, -0.2) is 0 Å². The van der Waals surface area contributed by atoms with E-state index in [0.717, 1.165) is 5.56 Å². The number of carbonyl (C=O) groups is 1. The maximum absolute atomic E-state index is 12.3. The molecule has 128 valence electrons. The molecule has 2 aromatic rings. The Hall–Kier alpha value is -2.17. The fraction of sp³-hybridized carbons (Fsp3) is 0.350. The van der Waals surface area contributed by atoms with E-state index in [9.17, 15) is 15.0 Å². The molecule has 1 unspecified atom stereocenters. The smallest absolute Gasteiger partial charge is 0.253 e. The summed E-state index contributed by atoms with van der Waals surface area (Å²) in [4.78, 5) is 12.3. The van der Waals surface area contributed by atoms with Crippen molar-refractivity contribution in [1.29, 1.82) is 0 Å². The van der Waals surface area contributed by atoms with Gasteiger partial charge in [0, 0.05) is 19.1 Å². The Morgan fingerprint density at radius 1 is 1.00 bits per heavy atom. The second-order valence-corrected chi connectivity index (χ2v) is 6.67. The molecule has 2 rings (SSSR count). The van der Waals surface area contributed by atoms with Crippen molar-refractivity contribution in [2.24, 2.45) is 5.41 Å². The van der Waals surface area contributed by atoms with Crippen molar-refractivity contribution in [3.8, 4) is 0 Å². The maximum Gasteiger partial charge on any atom is 0.253 e. The van der Waals surface area contributed by atoms with Gasteiger partial charge in [0.2, 0.25) is 0 Å². The van der Waals surface area contributed by atoms with Crippen LogP contribution in [0.2, 0.25) is 0 Å². The number of hydrogen-bond donors (Lipinski definition) is 3. The van der Waals surface area contributed by atoms with E-state index in [2.05, 4.69) is 5.32 Å². The van der Waals surface area contributed by atoms with Crippen LogP contribution in [0, 0.1) is 5.41 Å². The minimum Gasteiger partial charge on any atom is -0.396 e. The molecule has 0 bridgehead atoms. The van der Waals surface area contributed by atoms with Crippen molar-refractivity contribution in [3.63, 3.8) is 0 Å². The standard InChI is InChI=1S/C20H25NO3/c1-20(2,14-22)17(15-9-5-3-6-10-15)13-21-19(24)18(23)16-11-7-4-8-12-16/h3-12,17-18,22-23H,13-14H2,1-2H3,(H,21,24)/t17?,18-/m1/s1. The molecule has 0 aliphatic rings. The molecule has 24 heavy (non-hydrogen) atoms. The number of hydrogen-bond acceptors (Lipinski definition) is 3. The van der Waals surface area contributed by atoms with Crippen molar-refractivity contribution in [1.82, 2.24) is 5.32 Å². The molecule has 3 N–H and O–H groups in total. The van der Waals surface area contributed by atoms with Crippen molar-refractivity contribution in [2.45, 2.75) is 25.9 Å². The first-order chi connectivity index (χ1) is 11.5. The van der Waals surface area contributed by atoms with Crippen LogP contribution in [-0.4, -0.2) is 29.3 Å². The van der Waals surface area contributed by atoms with E-state index in [0.29, 0.717) is 12.1 Å². The van der Waals surface area contributed by atoms with Gasteiger partial charge < -0.3 is 15.5 Å². The van der Waals surface area contributed by atoms with Crippen LogP contribution >= 0.6 is 0 Å². The van der Waals surface area contributed by atoms with Crippen LogP contribution in [0.3, 0.4) is 0 Å². The fourth-order valence-corrected chi connectivity index (χ4v) is 2.73. The van der Waals surface area contributed by atoms with Gasteiger partial charge in [0.25, 0.3) is 5.91 Å². The van der Waals surface area contributed by atoms with E-state index in [1.54, 1.807) is 24.3 Å². The zero-order valence-corrected chi connectivity index (χ0v) is 14.1. The van der Waals surface area contributed by atoms with E-state index >= 15 is 0 Å². The van der Waals surface area contributed by atoms with Crippen LogP contribution in [0.5, 0.6) is 0 Å². The third kappa shape index (κ3) is 4.43. The van der Waals surface area contributed by atoms with Gasteiger partial charge >= 0.3 is 0 Å². The Balaban J connectivity index is 2.09. The van der Waals surface area contributed by atoms with Gasteiger partial charge in [-0.3, -0.25) is 4.79 Å². The van der Waals surface area contributed by atoms with Gasteiger partial charge in [0.1, 0.15) is 0 Å². The summed E-state index contributed by atoms with van der Waals surface area (Å²) in [5.41, 5.74) is 1.21. The molecule has 0 aliphatic carbocycles. The highest BCUT2D eigenvalue weighted by Crippen LogP contribution is 2.34. The number of benzene rings is 2. The lowest BCUT2D eigenvalue weighted by atomic mass is 9.75. The highest BCUT2D eigenvalue weighted by molar-refractivity contribution is 5.81. The molecule has 4 heteroatoms. The summed E-state index contributed by atoms with van der Waals surface area (Å²) in [7, 11) is 0. The third-order valence-corrected chi connectivity index (χ3v) is 4.40. The average molecular weight is 327 g/mol. The van der Waals surface area contributed by atoms with E-state index in [4.69, 9.17) is 0 Å². The Morgan fingerprint density at radius 3 is 2.00 bits per heavy atom. The molecular formula is C20H25NO3. The van der Waals surface area contributed by atoms with E-state index < -0.39 is 17.4 Å². The summed E-state index contributed by atoms with van der Waals surface area (Å²) < 4.78 is 0. The topological polar surface area (TPSA) is 69.6 Å². The highest BCUT2D eigenvalue weighted by atomic mass is 16.3. The summed E-state index contributed by atoms with van der Waals surface area (Å²) in [6, 6.07) is 18.6. The summed E-state index contributed by atoms with van der Waals surface area (Å²) >= 11 is 0. The maximum atomic E-state index is 12.3. The van der Waals surface area contributed by atoms with Gasteiger partial charge in [-0.1, -0.05) is 74.5 Å². The number of amides is 1. The Kier molecular flexibility index (Phi) is 6.12. The number of carbonyl (C=O) groups excluding carboxylic acids is 1. The molecule has 1 amide bonds. The highest BCUT2D eigenvalue weighted by Gasteiger charge is 2.31. The Labute approximate surface area is 143 Å². The molecule has 0 radical (unpaired) electrons. The normalized spacial score (nSPS) is 14.0. The number of aliphatic hydroxyl groups is 2. The second-order valence-electron chi connectivity index (χ2n) is 6.67. The van der Waals surface area contributed by atoms with Crippen molar-refractivity contribution >= 4 is 5.91 Å². The number of nitrogens with one attached hydrogen (secondary N) is 1. The summed E-state index contributed by atoms with van der Waals surface area (Å²) in [5.74, 6) is -0.494. The fourth-order valence-electron chi connectivity index (χ4n) is 2.73. The van der Waals surface area contributed by atoms with Crippen LogP contribution in [0.15, 0.2) is 60.7 Å². The summed E-state index contributed by atoms with van der Waals surface area (Å²) in [5, 5.41) is 22.7. The lowest BCUT2D eigenvalue weighted by Crippen LogP contribution is -2.38. The number of rotatable bonds is 7. The van der Waals surface area contributed by atoms with Gasteiger partial charge in [0.05, 0.1) is 0 Å². The van der Waals surface area contributed by atoms with E-state index in [1.165, 1.54) is 0 Å². The predicted octanol–water partition coefficient (Wildman–Crippen LogP) is 2.64. The first-order valence-corrected chi connectivity index (χ1v) is 8.12. The molecule has 2 aromatic carbocycles. The zero-order chi connectivity index (χ0) is 17.6. The second kappa shape index (κ2) is 8.08. The van der Waals surface area contributed by atoms with Crippen LogP contribution in [0.25, 0.3) is 0 Å². The molecule has 4 nitrogen and oxygen atoms in total. The Morgan fingerprint density at radius 2 is 1.50 bits per heavy atom. The van der Waals surface area contributed by atoms with Gasteiger partial charge in [-0.05, 0) is 16.5 Å². The quantitative estimate of drug-likeness (QED) is 0.732.